The molecule has 1 amide bonds. The molecule has 2 heterocycles. The summed E-state index contributed by atoms with van der Waals surface area (Å²) < 4.78 is 1.86. The maximum atomic E-state index is 11.2. The summed E-state index contributed by atoms with van der Waals surface area (Å²) in [6, 6.07) is 10.2. The number of primary amides is 1. The van der Waals surface area contributed by atoms with Gasteiger partial charge in [-0.15, -0.1) is 0 Å². The Morgan fingerprint density at radius 3 is 3.05 bits per heavy atom. The van der Waals surface area contributed by atoms with Gasteiger partial charge < -0.3 is 11.1 Å². The third-order valence-corrected chi connectivity index (χ3v) is 3.43. The molecule has 0 saturated heterocycles. The molecule has 2 aromatic rings. The van der Waals surface area contributed by atoms with Crippen molar-refractivity contribution in [2.75, 3.05) is 11.9 Å². The van der Waals surface area contributed by atoms with Crippen LogP contribution in [0.3, 0.4) is 0 Å². The van der Waals surface area contributed by atoms with Crippen LogP contribution in [0.2, 0.25) is 0 Å². The number of hydrogen-bond acceptors (Lipinski definition) is 3. The van der Waals surface area contributed by atoms with Crippen molar-refractivity contribution in [3.8, 4) is 0 Å². The topological polar surface area (TPSA) is 72.9 Å². The zero-order valence-electron chi connectivity index (χ0n) is 10.8. The van der Waals surface area contributed by atoms with E-state index in [1.165, 1.54) is 11.1 Å². The van der Waals surface area contributed by atoms with Crippen LogP contribution < -0.4 is 11.1 Å². The average Bonchev–Trinajstić information content (AvgIpc) is 2.82. The number of carbonyl (C=O) groups is 1. The van der Waals surface area contributed by atoms with Crippen LogP contribution in [0.4, 0.5) is 5.82 Å². The Kier molecular flexibility index (Phi) is 2.74. The lowest BCUT2D eigenvalue weighted by atomic mass is 10.0. The van der Waals surface area contributed by atoms with E-state index < -0.39 is 5.91 Å². The molecule has 1 aliphatic heterocycles. The Hall–Kier alpha value is -2.30. The Bertz CT molecular complexity index is 632. The smallest absolute Gasteiger partial charge is 0.269 e. The molecular weight excluding hydrogens is 240 g/mol. The number of anilines is 1. The SMILES string of the molecule is Cc1cccc(C2CCNc3cc(C(N)=O)nn32)c1. The van der Waals surface area contributed by atoms with E-state index in [0.717, 1.165) is 18.8 Å². The van der Waals surface area contributed by atoms with Gasteiger partial charge in [-0.2, -0.15) is 5.10 Å². The molecule has 1 atom stereocenters. The van der Waals surface area contributed by atoms with E-state index in [9.17, 15) is 4.79 Å². The number of amides is 1. The fourth-order valence-electron chi connectivity index (χ4n) is 2.53. The highest BCUT2D eigenvalue weighted by Crippen LogP contribution is 2.30. The average molecular weight is 256 g/mol. The second kappa shape index (κ2) is 4.42. The summed E-state index contributed by atoms with van der Waals surface area (Å²) in [7, 11) is 0. The Labute approximate surface area is 111 Å². The van der Waals surface area contributed by atoms with E-state index in [1.54, 1.807) is 6.07 Å². The molecule has 1 aromatic carbocycles. The lowest BCUT2D eigenvalue weighted by molar-refractivity contribution is 0.0994. The molecule has 5 heteroatoms. The molecule has 0 fully saturated rings. The van der Waals surface area contributed by atoms with E-state index in [4.69, 9.17) is 5.73 Å². The maximum Gasteiger partial charge on any atom is 0.269 e. The number of nitrogens with one attached hydrogen (secondary N) is 1. The molecule has 0 radical (unpaired) electrons. The lowest BCUT2D eigenvalue weighted by Gasteiger charge is -2.26. The Balaban J connectivity index is 2.04. The second-order valence-electron chi connectivity index (χ2n) is 4.87. The van der Waals surface area contributed by atoms with Crippen LogP contribution in [0.1, 0.15) is 34.1 Å². The monoisotopic (exact) mass is 256 g/mol. The third kappa shape index (κ3) is 2.07. The van der Waals surface area contributed by atoms with Crippen LogP contribution in [0.25, 0.3) is 0 Å². The molecule has 19 heavy (non-hydrogen) atoms. The number of rotatable bonds is 2. The molecule has 0 bridgehead atoms. The molecular formula is C14H16N4O. The maximum absolute atomic E-state index is 11.2. The fourth-order valence-corrected chi connectivity index (χ4v) is 2.53. The number of nitrogens with two attached hydrogens (primary N) is 1. The number of hydrogen-bond donors (Lipinski definition) is 2. The zero-order chi connectivity index (χ0) is 13.4. The largest absolute Gasteiger partial charge is 0.370 e. The van der Waals surface area contributed by atoms with Gasteiger partial charge in [-0.25, -0.2) is 4.68 Å². The van der Waals surface area contributed by atoms with Crippen LogP contribution in [0, 0.1) is 6.92 Å². The molecule has 1 aromatic heterocycles. The second-order valence-corrected chi connectivity index (χ2v) is 4.87. The standard InChI is InChI=1S/C14H16N4O/c1-9-3-2-4-10(7-9)12-5-6-16-13-8-11(14(15)19)17-18(12)13/h2-4,7-8,12,16H,5-6H2,1H3,(H2,15,19). The van der Waals surface area contributed by atoms with Gasteiger partial charge >= 0.3 is 0 Å². The molecule has 3 N–H and O–H groups in total. The number of aryl methyl sites for hydroxylation is 1. The van der Waals surface area contributed by atoms with Crippen molar-refractivity contribution in [3.05, 3.63) is 47.2 Å². The zero-order valence-corrected chi connectivity index (χ0v) is 10.8. The third-order valence-electron chi connectivity index (χ3n) is 3.43. The number of carbonyl (C=O) groups excluding carboxylic acids is 1. The van der Waals surface area contributed by atoms with Crippen molar-refractivity contribution < 1.29 is 4.79 Å². The number of benzene rings is 1. The van der Waals surface area contributed by atoms with Crippen LogP contribution in [0.15, 0.2) is 30.3 Å². The highest BCUT2D eigenvalue weighted by atomic mass is 16.1. The fraction of sp³-hybridized carbons (Fsp3) is 0.286. The van der Waals surface area contributed by atoms with Crippen molar-refractivity contribution in [2.45, 2.75) is 19.4 Å². The number of aromatic nitrogens is 2. The summed E-state index contributed by atoms with van der Waals surface area (Å²) >= 11 is 0. The molecule has 5 nitrogen and oxygen atoms in total. The van der Waals surface area contributed by atoms with Gasteiger partial charge in [0.05, 0.1) is 6.04 Å². The predicted octanol–water partition coefficient (Wildman–Crippen LogP) is 1.70. The molecule has 3 rings (SSSR count). The van der Waals surface area contributed by atoms with Crippen LogP contribution in [-0.2, 0) is 0 Å². The summed E-state index contributed by atoms with van der Waals surface area (Å²) in [5, 5.41) is 7.56. The van der Waals surface area contributed by atoms with Gasteiger partial charge in [-0.05, 0) is 18.9 Å². The summed E-state index contributed by atoms with van der Waals surface area (Å²) in [5.74, 6) is 0.359. The van der Waals surface area contributed by atoms with Crippen molar-refractivity contribution in [1.29, 1.82) is 0 Å². The van der Waals surface area contributed by atoms with E-state index in [0.29, 0.717) is 5.69 Å². The van der Waals surface area contributed by atoms with Gasteiger partial charge in [-0.1, -0.05) is 29.8 Å². The highest BCUT2D eigenvalue weighted by Gasteiger charge is 2.24. The van der Waals surface area contributed by atoms with Crippen LogP contribution >= 0.6 is 0 Å². The van der Waals surface area contributed by atoms with Gasteiger partial charge in [0.15, 0.2) is 5.69 Å². The summed E-state index contributed by atoms with van der Waals surface area (Å²) in [4.78, 5) is 11.2. The van der Waals surface area contributed by atoms with E-state index in [2.05, 4.69) is 35.5 Å². The first-order chi connectivity index (χ1) is 9.15. The van der Waals surface area contributed by atoms with E-state index >= 15 is 0 Å². The first-order valence-corrected chi connectivity index (χ1v) is 6.35. The van der Waals surface area contributed by atoms with Crippen molar-refractivity contribution in [3.63, 3.8) is 0 Å². The summed E-state index contributed by atoms with van der Waals surface area (Å²) in [6.07, 6.45) is 0.941. The van der Waals surface area contributed by atoms with Gasteiger partial charge in [-0.3, -0.25) is 4.79 Å². The minimum absolute atomic E-state index is 0.157. The van der Waals surface area contributed by atoms with Crippen molar-refractivity contribution in [2.24, 2.45) is 5.73 Å². The quantitative estimate of drug-likeness (QED) is 0.858. The minimum Gasteiger partial charge on any atom is -0.370 e. The summed E-state index contributed by atoms with van der Waals surface area (Å²) in [6.45, 7) is 2.94. The molecule has 1 unspecified atom stereocenters. The number of nitrogens with zero attached hydrogens (tertiary/aromatic N) is 2. The Morgan fingerprint density at radius 2 is 2.32 bits per heavy atom. The van der Waals surface area contributed by atoms with Gasteiger partial charge in [0.25, 0.3) is 5.91 Å². The molecule has 0 spiro atoms. The van der Waals surface area contributed by atoms with Gasteiger partial charge in [0.2, 0.25) is 0 Å². The highest BCUT2D eigenvalue weighted by molar-refractivity contribution is 5.91. The predicted molar refractivity (Wildman–Crippen MR) is 73.2 cm³/mol. The molecule has 0 saturated carbocycles. The van der Waals surface area contributed by atoms with E-state index in [-0.39, 0.29) is 6.04 Å². The van der Waals surface area contributed by atoms with Crippen molar-refractivity contribution >= 4 is 11.7 Å². The molecule has 0 aliphatic carbocycles. The summed E-state index contributed by atoms with van der Waals surface area (Å²) in [5.41, 5.74) is 8.03. The molecule has 98 valence electrons. The van der Waals surface area contributed by atoms with Crippen LogP contribution in [0.5, 0.6) is 0 Å². The first-order valence-electron chi connectivity index (χ1n) is 6.35. The Morgan fingerprint density at radius 1 is 1.47 bits per heavy atom. The molecule has 1 aliphatic rings. The van der Waals surface area contributed by atoms with E-state index in [1.807, 2.05) is 10.7 Å². The van der Waals surface area contributed by atoms with Gasteiger partial charge in [0, 0.05) is 12.6 Å². The number of fused-ring (bicyclic) bond motifs is 1. The normalized spacial score (nSPS) is 17.6. The lowest BCUT2D eigenvalue weighted by Crippen LogP contribution is -2.24. The van der Waals surface area contributed by atoms with Crippen LogP contribution in [-0.4, -0.2) is 22.2 Å². The van der Waals surface area contributed by atoms with Crippen molar-refractivity contribution in [1.82, 2.24) is 9.78 Å². The first kappa shape index (κ1) is 11.8. The minimum atomic E-state index is -0.494. The van der Waals surface area contributed by atoms with Gasteiger partial charge in [0.1, 0.15) is 5.82 Å².